The van der Waals surface area contributed by atoms with Gasteiger partial charge in [0, 0.05) is 46.4 Å². The van der Waals surface area contributed by atoms with Crippen molar-refractivity contribution >= 4 is 29.9 Å². The summed E-state index contributed by atoms with van der Waals surface area (Å²) in [6.45, 7) is 5.06. The monoisotopic (exact) mass is 556 g/mol. The van der Waals surface area contributed by atoms with Crippen molar-refractivity contribution in [3.63, 3.8) is 0 Å². The van der Waals surface area contributed by atoms with Gasteiger partial charge in [0.2, 0.25) is 0 Å². The predicted octanol–water partition coefficient (Wildman–Crippen LogP) is 3.89. The van der Waals surface area contributed by atoms with Gasteiger partial charge in [-0.05, 0) is 42.5 Å². The molecule has 0 amide bonds. The molecular formula is C24H34FIN4O2. The fourth-order valence-electron chi connectivity index (χ4n) is 3.67. The summed E-state index contributed by atoms with van der Waals surface area (Å²) in [5.74, 6) is -0.305. The van der Waals surface area contributed by atoms with E-state index >= 15 is 0 Å². The Bertz CT molecular complexity index is 830. The molecule has 3 N–H and O–H groups in total. The van der Waals surface area contributed by atoms with Crippen molar-refractivity contribution in [1.82, 2.24) is 15.5 Å². The van der Waals surface area contributed by atoms with Crippen molar-refractivity contribution in [1.29, 1.82) is 0 Å². The summed E-state index contributed by atoms with van der Waals surface area (Å²) in [5.41, 5.74) is 2.10. The molecule has 176 valence electrons. The molecule has 2 aromatic rings. The third-order valence-electron chi connectivity index (χ3n) is 5.45. The number of ether oxygens (including phenoxy) is 1. The van der Waals surface area contributed by atoms with E-state index in [2.05, 4.69) is 50.9 Å². The van der Waals surface area contributed by atoms with E-state index < -0.39 is 5.82 Å². The molecule has 0 spiro atoms. The van der Waals surface area contributed by atoms with Crippen LogP contribution in [0.3, 0.4) is 0 Å². The number of guanidine groups is 1. The van der Waals surface area contributed by atoms with E-state index in [1.54, 1.807) is 13.1 Å². The summed E-state index contributed by atoms with van der Waals surface area (Å²) in [5, 5.41) is 15.6. The first-order chi connectivity index (χ1) is 15.1. The third kappa shape index (κ3) is 8.91. The molecule has 1 fully saturated rings. The van der Waals surface area contributed by atoms with Gasteiger partial charge in [0.25, 0.3) is 0 Å². The zero-order valence-electron chi connectivity index (χ0n) is 18.6. The molecule has 1 heterocycles. The molecule has 0 unspecified atom stereocenters. The van der Waals surface area contributed by atoms with E-state index in [0.29, 0.717) is 18.6 Å². The number of hydrogen-bond donors (Lipinski definition) is 3. The molecule has 3 rings (SSSR count). The van der Waals surface area contributed by atoms with Crippen LogP contribution in [0.1, 0.15) is 30.4 Å². The normalized spacial score (nSPS) is 15.2. The fraction of sp³-hybridized carbons (Fsp3) is 0.458. The minimum atomic E-state index is -0.620. The lowest BCUT2D eigenvalue weighted by atomic mass is 10.1. The Hall–Kier alpha value is -1.91. The van der Waals surface area contributed by atoms with Crippen molar-refractivity contribution in [2.24, 2.45) is 4.99 Å². The highest BCUT2D eigenvalue weighted by atomic mass is 127. The maximum Gasteiger partial charge on any atom is 0.191 e. The molecule has 0 aliphatic carbocycles. The smallest absolute Gasteiger partial charge is 0.191 e. The number of rotatable bonds is 9. The molecule has 0 aromatic heterocycles. The number of likely N-dealkylation sites (tertiary alicyclic amines) is 1. The summed E-state index contributed by atoms with van der Waals surface area (Å²) >= 11 is 0. The van der Waals surface area contributed by atoms with Gasteiger partial charge >= 0.3 is 0 Å². The van der Waals surface area contributed by atoms with Crippen LogP contribution < -0.4 is 10.6 Å². The average molecular weight is 556 g/mol. The van der Waals surface area contributed by atoms with Gasteiger partial charge in [0.15, 0.2) is 17.5 Å². The minimum absolute atomic E-state index is 0. The zero-order chi connectivity index (χ0) is 21.9. The Balaban J connectivity index is 0.00000363. The number of piperidine rings is 1. The number of benzene rings is 2. The molecule has 2 aromatic carbocycles. The SMILES string of the molecule is CN=C(NCCCOC1CCN(Cc2ccccc2)CC1)NCc1ccc(O)c(F)c1.I. The topological polar surface area (TPSA) is 69.1 Å². The van der Waals surface area contributed by atoms with Crippen LogP contribution in [0.2, 0.25) is 0 Å². The van der Waals surface area contributed by atoms with Crippen LogP contribution in [0.15, 0.2) is 53.5 Å². The molecule has 0 saturated carbocycles. The fourth-order valence-corrected chi connectivity index (χ4v) is 3.67. The maximum absolute atomic E-state index is 13.4. The Kier molecular flexibility index (Phi) is 11.8. The number of nitrogens with one attached hydrogen (secondary N) is 2. The van der Waals surface area contributed by atoms with Crippen molar-refractivity contribution in [3.8, 4) is 5.75 Å². The quantitative estimate of drug-likeness (QED) is 0.189. The van der Waals surface area contributed by atoms with E-state index in [9.17, 15) is 9.50 Å². The second-order valence-electron chi connectivity index (χ2n) is 7.82. The number of aromatic hydroxyl groups is 1. The van der Waals surface area contributed by atoms with Crippen molar-refractivity contribution in [3.05, 3.63) is 65.5 Å². The highest BCUT2D eigenvalue weighted by Crippen LogP contribution is 2.17. The van der Waals surface area contributed by atoms with Gasteiger partial charge in [-0.15, -0.1) is 24.0 Å². The number of hydrogen-bond acceptors (Lipinski definition) is 4. The second-order valence-corrected chi connectivity index (χ2v) is 7.82. The molecule has 0 bridgehead atoms. The van der Waals surface area contributed by atoms with Gasteiger partial charge in [-0.3, -0.25) is 9.89 Å². The van der Waals surface area contributed by atoms with E-state index in [1.165, 1.54) is 17.7 Å². The van der Waals surface area contributed by atoms with Gasteiger partial charge in [-0.2, -0.15) is 0 Å². The summed E-state index contributed by atoms with van der Waals surface area (Å²) in [6, 6.07) is 15.0. The second kappa shape index (κ2) is 14.3. The van der Waals surface area contributed by atoms with Crippen molar-refractivity contribution in [2.45, 2.75) is 38.5 Å². The Morgan fingerprint density at radius 3 is 2.56 bits per heavy atom. The van der Waals surface area contributed by atoms with Gasteiger partial charge in [-0.1, -0.05) is 36.4 Å². The van der Waals surface area contributed by atoms with Crippen LogP contribution in [0.5, 0.6) is 5.75 Å². The van der Waals surface area contributed by atoms with Crippen LogP contribution >= 0.6 is 24.0 Å². The first kappa shape index (κ1) is 26.3. The first-order valence-corrected chi connectivity index (χ1v) is 10.9. The standard InChI is InChI=1S/C24H33FN4O2.HI/c1-26-24(28-17-20-8-9-23(30)22(25)16-20)27-12-5-15-31-21-10-13-29(14-11-21)18-19-6-3-2-4-7-19;/h2-4,6-9,16,21,30H,5,10-15,17-18H2,1H3,(H2,26,27,28);1H. The highest BCUT2D eigenvalue weighted by molar-refractivity contribution is 14.0. The highest BCUT2D eigenvalue weighted by Gasteiger charge is 2.19. The first-order valence-electron chi connectivity index (χ1n) is 10.9. The van der Waals surface area contributed by atoms with Crippen molar-refractivity contribution < 1.29 is 14.2 Å². The van der Waals surface area contributed by atoms with E-state index in [0.717, 1.165) is 57.6 Å². The number of nitrogens with zero attached hydrogens (tertiary/aromatic N) is 2. The summed E-state index contributed by atoms with van der Waals surface area (Å²) in [4.78, 5) is 6.67. The summed E-state index contributed by atoms with van der Waals surface area (Å²) in [7, 11) is 1.70. The largest absolute Gasteiger partial charge is 0.505 e. The van der Waals surface area contributed by atoms with Gasteiger partial charge in [0.1, 0.15) is 0 Å². The van der Waals surface area contributed by atoms with Gasteiger partial charge < -0.3 is 20.5 Å². The van der Waals surface area contributed by atoms with E-state index in [1.807, 2.05) is 0 Å². The Morgan fingerprint density at radius 1 is 1.12 bits per heavy atom. The Morgan fingerprint density at radius 2 is 1.88 bits per heavy atom. The lowest BCUT2D eigenvalue weighted by Crippen LogP contribution is -2.38. The molecule has 1 saturated heterocycles. The maximum atomic E-state index is 13.4. The zero-order valence-corrected chi connectivity index (χ0v) is 20.9. The van der Waals surface area contributed by atoms with E-state index in [4.69, 9.17) is 4.74 Å². The average Bonchev–Trinajstić information content (AvgIpc) is 2.79. The Labute approximate surface area is 207 Å². The van der Waals surface area contributed by atoms with Crippen LogP contribution in [0, 0.1) is 5.82 Å². The van der Waals surface area contributed by atoms with Crippen LogP contribution in [0.4, 0.5) is 4.39 Å². The third-order valence-corrected chi connectivity index (χ3v) is 5.45. The molecule has 8 heteroatoms. The number of phenols is 1. The van der Waals surface area contributed by atoms with Crippen LogP contribution in [-0.2, 0) is 17.8 Å². The molecule has 32 heavy (non-hydrogen) atoms. The molecule has 1 aliphatic rings. The molecule has 6 nitrogen and oxygen atoms in total. The predicted molar refractivity (Wildman–Crippen MR) is 137 cm³/mol. The van der Waals surface area contributed by atoms with Crippen LogP contribution in [-0.4, -0.2) is 55.4 Å². The van der Waals surface area contributed by atoms with Crippen LogP contribution in [0.25, 0.3) is 0 Å². The summed E-state index contributed by atoms with van der Waals surface area (Å²) in [6.07, 6.45) is 3.38. The number of aliphatic imine (C=N–C) groups is 1. The molecular weight excluding hydrogens is 522 g/mol. The lowest BCUT2D eigenvalue weighted by Gasteiger charge is -2.32. The van der Waals surface area contributed by atoms with E-state index in [-0.39, 0.29) is 29.7 Å². The summed E-state index contributed by atoms with van der Waals surface area (Å²) < 4.78 is 19.5. The lowest BCUT2D eigenvalue weighted by molar-refractivity contribution is 0.00534. The molecule has 0 atom stereocenters. The number of halogens is 2. The molecule has 0 radical (unpaired) electrons. The van der Waals surface area contributed by atoms with Gasteiger partial charge in [0.05, 0.1) is 6.10 Å². The number of phenolic OH excluding ortho intramolecular Hbond substituents is 1. The van der Waals surface area contributed by atoms with Crippen molar-refractivity contribution in [2.75, 3.05) is 33.3 Å². The minimum Gasteiger partial charge on any atom is -0.505 e. The molecule has 1 aliphatic heterocycles. The van der Waals surface area contributed by atoms with Gasteiger partial charge in [-0.25, -0.2) is 4.39 Å².